The first-order chi connectivity index (χ1) is 6.10. The lowest BCUT2D eigenvalue weighted by atomic mass is 10.8. The molecule has 0 unspecified atom stereocenters. The van der Waals surface area contributed by atoms with Crippen molar-refractivity contribution in [1.82, 2.24) is 0 Å². The van der Waals surface area contributed by atoms with Crippen molar-refractivity contribution in [3.63, 3.8) is 0 Å². The Morgan fingerprint density at radius 1 is 1.54 bits per heavy atom. The van der Waals surface area contributed by atoms with Gasteiger partial charge in [-0.3, -0.25) is 4.79 Å². The SMILES string of the molecule is CCN=C=O.CCO.COC(C)=O. The second-order valence-electron chi connectivity index (χ2n) is 1.58. The molecule has 0 aromatic rings. The third-order valence-corrected chi connectivity index (χ3v) is 0.510. The molecule has 0 atom stereocenters. The first kappa shape index (κ1) is 17.8. The van der Waals surface area contributed by atoms with E-state index < -0.39 is 0 Å². The van der Waals surface area contributed by atoms with Crippen molar-refractivity contribution in [1.29, 1.82) is 0 Å². The van der Waals surface area contributed by atoms with Crippen molar-refractivity contribution >= 4 is 12.0 Å². The summed E-state index contributed by atoms with van der Waals surface area (Å²) in [5.74, 6) is -0.245. The number of ether oxygens (including phenoxy) is 1. The summed E-state index contributed by atoms with van der Waals surface area (Å²) in [4.78, 5) is 21.9. The number of carbonyl (C=O) groups excluding carboxylic acids is 2. The molecular formula is C8H17NO4. The number of aliphatic imine (C=N–C) groups is 1. The van der Waals surface area contributed by atoms with Crippen molar-refractivity contribution in [3.05, 3.63) is 0 Å². The highest BCUT2D eigenvalue weighted by Crippen LogP contribution is 1.60. The van der Waals surface area contributed by atoms with Crippen LogP contribution in [0.2, 0.25) is 0 Å². The topological polar surface area (TPSA) is 76.0 Å². The van der Waals surface area contributed by atoms with Crippen LogP contribution in [0.4, 0.5) is 0 Å². The van der Waals surface area contributed by atoms with Crippen molar-refractivity contribution in [2.75, 3.05) is 20.3 Å². The number of rotatable bonds is 1. The molecule has 0 bridgehead atoms. The zero-order valence-electron chi connectivity index (χ0n) is 8.53. The number of carbonyl (C=O) groups is 1. The molecule has 0 spiro atoms. The van der Waals surface area contributed by atoms with Crippen molar-refractivity contribution in [2.45, 2.75) is 20.8 Å². The van der Waals surface area contributed by atoms with Crippen LogP contribution in [0.3, 0.4) is 0 Å². The zero-order valence-corrected chi connectivity index (χ0v) is 8.53. The van der Waals surface area contributed by atoms with E-state index in [0.29, 0.717) is 6.54 Å². The van der Waals surface area contributed by atoms with Crippen LogP contribution in [0.1, 0.15) is 20.8 Å². The second-order valence-corrected chi connectivity index (χ2v) is 1.58. The number of hydrogen-bond acceptors (Lipinski definition) is 5. The Morgan fingerprint density at radius 2 is 1.85 bits per heavy atom. The lowest BCUT2D eigenvalue weighted by Crippen LogP contribution is -1.88. The van der Waals surface area contributed by atoms with Gasteiger partial charge in [-0.2, -0.15) is 0 Å². The second kappa shape index (κ2) is 22.4. The van der Waals surface area contributed by atoms with E-state index in [0.717, 1.165) is 0 Å². The van der Waals surface area contributed by atoms with E-state index in [-0.39, 0.29) is 12.6 Å². The van der Waals surface area contributed by atoms with Gasteiger partial charge in [-0.15, -0.1) is 0 Å². The highest BCUT2D eigenvalue weighted by atomic mass is 16.5. The summed E-state index contributed by atoms with van der Waals surface area (Å²) in [5.41, 5.74) is 0. The number of methoxy groups -OCH3 is 1. The lowest BCUT2D eigenvalue weighted by Gasteiger charge is -1.80. The molecule has 0 saturated heterocycles. The summed E-state index contributed by atoms with van der Waals surface area (Å²) in [6.45, 7) is 5.62. The molecule has 5 heteroatoms. The predicted molar refractivity (Wildman–Crippen MR) is 49.1 cm³/mol. The first-order valence-electron chi connectivity index (χ1n) is 3.79. The van der Waals surface area contributed by atoms with Gasteiger partial charge in [0.05, 0.1) is 7.11 Å². The number of nitrogens with zero attached hydrogens (tertiary/aromatic N) is 1. The summed E-state index contributed by atoms with van der Waals surface area (Å²) in [6, 6.07) is 0. The molecule has 0 aromatic heterocycles. The number of aliphatic hydroxyl groups is 1. The minimum absolute atomic E-state index is 0.245. The molecule has 0 aromatic carbocycles. The molecule has 0 aliphatic rings. The van der Waals surface area contributed by atoms with Gasteiger partial charge in [0.1, 0.15) is 0 Å². The standard InChI is InChI=1S/C3H5NO.C3H6O2.C2H6O/c1-2-4-3-5;1-3(4)5-2;1-2-3/h2H2,1H3;1-2H3;3H,2H2,1H3. The summed E-state index contributed by atoms with van der Waals surface area (Å²) in [5, 5.41) is 7.57. The molecule has 0 heterocycles. The Labute approximate surface area is 78.4 Å². The molecule has 0 rings (SSSR count). The summed E-state index contributed by atoms with van der Waals surface area (Å²) in [6.07, 6.45) is 1.39. The molecule has 5 nitrogen and oxygen atoms in total. The zero-order chi connectivity index (χ0) is 11.1. The van der Waals surface area contributed by atoms with Crippen LogP contribution in [0.5, 0.6) is 0 Å². The highest BCUT2D eigenvalue weighted by Gasteiger charge is 1.75. The molecule has 1 N–H and O–H groups in total. The van der Waals surface area contributed by atoms with Crippen LogP contribution in [0.25, 0.3) is 0 Å². The van der Waals surface area contributed by atoms with Crippen LogP contribution in [0.15, 0.2) is 4.99 Å². The van der Waals surface area contributed by atoms with E-state index in [1.54, 1.807) is 13.8 Å². The minimum Gasteiger partial charge on any atom is -0.469 e. The van der Waals surface area contributed by atoms with E-state index in [4.69, 9.17) is 9.90 Å². The highest BCUT2D eigenvalue weighted by molar-refractivity contribution is 5.65. The van der Waals surface area contributed by atoms with Gasteiger partial charge in [-0.05, 0) is 13.8 Å². The predicted octanol–water partition coefficient (Wildman–Crippen LogP) is 0.520. The van der Waals surface area contributed by atoms with Crippen LogP contribution in [-0.2, 0) is 14.3 Å². The van der Waals surface area contributed by atoms with E-state index in [1.165, 1.54) is 20.1 Å². The third kappa shape index (κ3) is 106. The maximum Gasteiger partial charge on any atom is 0.302 e. The Hall–Kier alpha value is -1.19. The largest absolute Gasteiger partial charge is 0.469 e. The van der Waals surface area contributed by atoms with Gasteiger partial charge in [0, 0.05) is 20.1 Å². The number of isocyanates is 1. The normalized spacial score (nSPS) is 6.23. The molecular weight excluding hydrogens is 174 g/mol. The molecule has 0 radical (unpaired) electrons. The molecule has 0 fully saturated rings. The Balaban J connectivity index is -0.000000120. The molecule has 0 aliphatic heterocycles. The van der Waals surface area contributed by atoms with Gasteiger partial charge in [-0.25, -0.2) is 9.79 Å². The number of hydrogen-bond donors (Lipinski definition) is 1. The summed E-state index contributed by atoms with van der Waals surface area (Å²) < 4.78 is 4.11. The van der Waals surface area contributed by atoms with Crippen molar-refractivity contribution in [2.24, 2.45) is 4.99 Å². The Bertz CT molecular complexity index is 139. The fourth-order valence-corrected chi connectivity index (χ4v) is 0.0645. The Kier molecular flexibility index (Phi) is 30.7. The van der Waals surface area contributed by atoms with Gasteiger partial charge >= 0.3 is 5.97 Å². The van der Waals surface area contributed by atoms with E-state index in [9.17, 15) is 4.79 Å². The molecule has 0 saturated carbocycles. The van der Waals surface area contributed by atoms with Gasteiger partial charge in [0.2, 0.25) is 6.08 Å². The average molecular weight is 191 g/mol. The van der Waals surface area contributed by atoms with Crippen molar-refractivity contribution < 1.29 is 19.4 Å². The van der Waals surface area contributed by atoms with Crippen LogP contribution >= 0.6 is 0 Å². The van der Waals surface area contributed by atoms with E-state index in [1.807, 2.05) is 0 Å². The third-order valence-electron chi connectivity index (χ3n) is 0.510. The van der Waals surface area contributed by atoms with Crippen molar-refractivity contribution in [3.8, 4) is 0 Å². The fraction of sp³-hybridized carbons (Fsp3) is 0.750. The van der Waals surface area contributed by atoms with Gasteiger partial charge in [0.25, 0.3) is 0 Å². The van der Waals surface area contributed by atoms with Crippen LogP contribution < -0.4 is 0 Å². The minimum atomic E-state index is -0.245. The number of esters is 1. The monoisotopic (exact) mass is 191 g/mol. The lowest BCUT2D eigenvalue weighted by molar-refractivity contribution is -0.137. The Morgan fingerprint density at radius 3 is 1.85 bits per heavy atom. The summed E-state index contributed by atoms with van der Waals surface area (Å²) in [7, 11) is 1.35. The van der Waals surface area contributed by atoms with Gasteiger partial charge in [-0.1, -0.05) is 0 Å². The van der Waals surface area contributed by atoms with Gasteiger partial charge < -0.3 is 9.84 Å². The quantitative estimate of drug-likeness (QED) is 0.372. The molecule has 0 amide bonds. The number of aliphatic hydroxyl groups excluding tert-OH is 1. The molecule has 0 aliphatic carbocycles. The molecule has 13 heavy (non-hydrogen) atoms. The van der Waals surface area contributed by atoms with Crippen LogP contribution in [-0.4, -0.2) is 37.4 Å². The first-order valence-corrected chi connectivity index (χ1v) is 3.79. The maximum atomic E-state index is 9.59. The van der Waals surface area contributed by atoms with E-state index >= 15 is 0 Å². The fourth-order valence-electron chi connectivity index (χ4n) is 0.0645. The molecule has 78 valence electrons. The van der Waals surface area contributed by atoms with Crippen LogP contribution in [0, 0.1) is 0 Å². The maximum absolute atomic E-state index is 9.59. The smallest absolute Gasteiger partial charge is 0.302 e. The van der Waals surface area contributed by atoms with Gasteiger partial charge in [0.15, 0.2) is 0 Å². The van der Waals surface area contributed by atoms with E-state index in [2.05, 4.69) is 9.73 Å². The summed E-state index contributed by atoms with van der Waals surface area (Å²) >= 11 is 0. The average Bonchev–Trinajstić information content (AvgIpc) is 2.08.